The number of nitro groups is 1. The van der Waals surface area contributed by atoms with Gasteiger partial charge in [0.2, 0.25) is 0 Å². The van der Waals surface area contributed by atoms with Crippen molar-refractivity contribution < 1.29 is 21.8 Å². The molecular weight excluding hydrogens is 438 g/mol. The number of hydrogen-bond donors (Lipinski definition) is 0. The van der Waals surface area contributed by atoms with Crippen molar-refractivity contribution in [1.82, 2.24) is 0 Å². The van der Waals surface area contributed by atoms with Crippen molar-refractivity contribution in [3.05, 3.63) is 93.7 Å². The van der Waals surface area contributed by atoms with Crippen molar-refractivity contribution in [3.8, 4) is 0 Å². The van der Waals surface area contributed by atoms with E-state index in [4.69, 9.17) is 0 Å². The Hall–Kier alpha value is -2.78. The van der Waals surface area contributed by atoms with E-state index in [0.29, 0.717) is 0 Å². The fourth-order valence-electron chi connectivity index (χ4n) is 3.61. The summed E-state index contributed by atoms with van der Waals surface area (Å²) in [5.74, 6) is -1.12. The number of benzene rings is 2. The van der Waals surface area contributed by atoms with Gasteiger partial charge in [0, 0.05) is 17.6 Å². The van der Waals surface area contributed by atoms with E-state index in [0.717, 1.165) is 11.1 Å². The van der Waals surface area contributed by atoms with Crippen LogP contribution in [0.1, 0.15) is 17.5 Å². The molecule has 0 saturated heterocycles. The quantitative estimate of drug-likeness (QED) is 0.459. The average Bonchev–Trinajstić information content (AvgIpc) is 2.67. The van der Waals surface area contributed by atoms with Crippen LogP contribution in [0.3, 0.4) is 0 Å². The van der Waals surface area contributed by atoms with Crippen LogP contribution >= 0.6 is 0 Å². The molecule has 1 aliphatic rings. The van der Waals surface area contributed by atoms with E-state index < -0.39 is 41.5 Å². The number of sulfone groups is 2. The van der Waals surface area contributed by atoms with Gasteiger partial charge in [-0.05, 0) is 44.5 Å². The van der Waals surface area contributed by atoms with Crippen LogP contribution in [0.15, 0.2) is 82.2 Å². The molecule has 1 aliphatic carbocycles. The van der Waals surface area contributed by atoms with Crippen LogP contribution in [0.2, 0.25) is 0 Å². The molecule has 0 fully saturated rings. The minimum atomic E-state index is -3.91. The molecule has 31 heavy (non-hydrogen) atoms. The van der Waals surface area contributed by atoms with Crippen molar-refractivity contribution in [3.63, 3.8) is 0 Å². The van der Waals surface area contributed by atoms with Gasteiger partial charge in [-0.1, -0.05) is 41.5 Å². The molecule has 0 spiro atoms. The predicted octanol–water partition coefficient (Wildman–Crippen LogP) is 3.66. The van der Waals surface area contributed by atoms with Gasteiger partial charge in [-0.25, -0.2) is 16.8 Å². The summed E-state index contributed by atoms with van der Waals surface area (Å²) in [6.45, 7) is 3.65. The van der Waals surface area contributed by atoms with E-state index in [-0.39, 0.29) is 21.9 Å². The van der Waals surface area contributed by atoms with E-state index in [2.05, 4.69) is 0 Å². The first-order valence-electron chi connectivity index (χ1n) is 9.55. The Morgan fingerprint density at radius 1 is 0.839 bits per heavy atom. The van der Waals surface area contributed by atoms with Crippen LogP contribution in [-0.4, -0.2) is 33.3 Å². The van der Waals surface area contributed by atoms with Gasteiger partial charge in [0.25, 0.3) is 5.70 Å². The maximum atomic E-state index is 13.1. The Labute approximate surface area is 182 Å². The Kier molecular flexibility index (Phi) is 6.20. The first-order chi connectivity index (χ1) is 14.4. The standard InChI is InChI=1S/C22H23NO6S2/c1-17-5-9-20(10-6-17)30(26,27)15-22(13-3-4-19(14-22)23(24)25)16-31(28,29)21-11-7-18(2)8-12-21/h3-12,14H,13,15-16H2,1-2H3. The third-order valence-corrected chi connectivity index (χ3v) is 9.08. The molecule has 0 bridgehead atoms. The zero-order chi connectivity index (χ0) is 22.9. The summed E-state index contributed by atoms with van der Waals surface area (Å²) in [6, 6.07) is 12.5. The lowest BCUT2D eigenvalue weighted by Gasteiger charge is -2.30. The van der Waals surface area contributed by atoms with Crippen LogP contribution in [0, 0.1) is 29.4 Å². The number of hydrogen-bond acceptors (Lipinski definition) is 6. The molecule has 0 heterocycles. The molecule has 9 heteroatoms. The highest BCUT2D eigenvalue weighted by Crippen LogP contribution is 2.37. The molecule has 0 unspecified atom stereocenters. The summed E-state index contributed by atoms with van der Waals surface area (Å²) in [4.78, 5) is 10.8. The molecule has 164 valence electrons. The first-order valence-corrected chi connectivity index (χ1v) is 12.9. The van der Waals surface area contributed by atoms with Gasteiger partial charge in [0.1, 0.15) is 0 Å². The Morgan fingerprint density at radius 2 is 1.26 bits per heavy atom. The molecule has 0 amide bonds. The van der Waals surface area contributed by atoms with Gasteiger partial charge >= 0.3 is 0 Å². The highest BCUT2D eigenvalue weighted by atomic mass is 32.2. The zero-order valence-corrected chi connectivity index (χ0v) is 18.8. The molecule has 3 rings (SSSR count). The fourth-order valence-corrected chi connectivity index (χ4v) is 7.29. The monoisotopic (exact) mass is 461 g/mol. The molecule has 7 nitrogen and oxygen atoms in total. The lowest BCUT2D eigenvalue weighted by molar-refractivity contribution is -0.420. The normalized spacial score (nSPS) is 16.0. The van der Waals surface area contributed by atoms with E-state index in [1.807, 2.05) is 13.8 Å². The van der Waals surface area contributed by atoms with Crippen LogP contribution in [0.4, 0.5) is 0 Å². The molecule has 0 saturated carbocycles. The van der Waals surface area contributed by atoms with Gasteiger partial charge < -0.3 is 0 Å². The largest absolute Gasteiger partial charge is 0.265 e. The molecule has 2 aromatic rings. The first kappa shape index (κ1) is 22.9. The number of nitrogens with zero attached hydrogens (tertiary/aromatic N) is 1. The maximum absolute atomic E-state index is 13.1. The number of rotatable bonds is 7. The van der Waals surface area contributed by atoms with E-state index >= 15 is 0 Å². The lowest BCUT2D eigenvalue weighted by Crippen LogP contribution is -2.37. The van der Waals surface area contributed by atoms with Gasteiger partial charge in [0.05, 0.1) is 26.2 Å². The predicted molar refractivity (Wildman–Crippen MR) is 118 cm³/mol. The highest BCUT2D eigenvalue weighted by molar-refractivity contribution is 7.92. The van der Waals surface area contributed by atoms with Crippen molar-refractivity contribution >= 4 is 19.7 Å². The second-order valence-electron chi connectivity index (χ2n) is 7.94. The zero-order valence-electron chi connectivity index (χ0n) is 17.2. The van der Waals surface area contributed by atoms with Gasteiger partial charge in [-0.3, -0.25) is 10.1 Å². The molecule has 0 aromatic heterocycles. The van der Waals surface area contributed by atoms with Crippen LogP contribution in [-0.2, 0) is 19.7 Å². The summed E-state index contributed by atoms with van der Waals surface area (Å²) in [6.07, 6.45) is 3.98. The molecule has 0 N–H and O–H groups in total. The minimum absolute atomic E-state index is 0.0517. The summed E-state index contributed by atoms with van der Waals surface area (Å²) >= 11 is 0. The van der Waals surface area contributed by atoms with Gasteiger partial charge in [0.15, 0.2) is 19.7 Å². The summed E-state index contributed by atoms with van der Waals surface area (Å²) < 4.78 is 52.6. The van der Waals surface area contributed by atoms with Crippen molar-refractivity contribution in [2.24, 2.45) is 5.41 Å². The molecule has 2 aromatic carbocycles. The Bertz CT molecular complexity index is 1180. The topological polar surface area (TPSA) is 111 Å². The molecular formula is C22H23NO6S2. The highest BCUT2D eigenvalue weighted by Gasteiger charge is 2.41. The third kappa shape index (κ3) is 5.29. The molecule has 0 aliphatic heterocycles. The van der Waals surface area contributed by atoms with E-state index in [1.165, 1.54) is 42.5 Å². The van der Waals surface area contributed by atoms with E-state index in [9.17, 15) is 26.9 Å². The average molecular weight is 462 g/mol. The lowest BCUT2D eigenvalue weighted by atomic mass is 9.84. The summed E-state index contributed by atoms with van der Waals surface area (Å²) in [7, 11) is -7.82. The SMILES string of the molecule is Cc1ccc(S(=O)(=O)CC2(CS(=O)(=O)c3ccc(C)cc3)C=C([N+](=O)[O-])C=CC2)cc1. The molecule has 0 radical (unpaired) electrons. The Morgan fingerprint density at radius 3 is 1.65 bits per heavy atom. The van der Waals surface area contributed by atoms with Crippen molar-refractivity contribution in [1.29, 1.82) is 0 Å². The second-order valence-corrected chi connectivity index (χ2v) is 11.9. The van der Waals surface area contributed by atoms with Gasteiger partial charge in [-0.2, -0.15) is 0 Å². The molecule has 0 atom stereocenters. The minimum Gasteiger partial charge on any atom is -0.258 e. The van der Waals surface area contributed by atoms with Crippen LogP contribution < -0.4 is 0 Å². The van der Waals surface area contributed by atoms with Crippen molar-refractivity contribution in [2.45, 2.75) is 30.1 Å². The van der Waals surface area contributed by atoms with Crippen LogP contribution in [0.25, 0.3) is 0 Å². The number of allylic oxidation sites excluding steroid dienone is 3. The second kappa shape index (κ2) is 8.39. The van der Waals surface area contributed by atoms with E-state index in [1.54, 1.807) is 24.3 Å². The summed E-state index contributed by atoms with van der Waals surface area (Å²) in [5.41, 5.74) is -0.0205. The van der Waals surface area contributed by atoms with Crippen LogP contribution in [0.5, 0.6) is 0 Å². The summed E-state index contributed by atoms with van der Waals surface area (Å²) in [5, 5.41) is 11.4. The number of aryl methyl sites for hydroxylation is 2. The smallest absolute Gasteiger partial charge is 0.258 e. The van der Waals surface area contributed by atoms with Crippen molar-refractivity contribution in [2.75, 3.05) is 11.5 Å². The maximum Gasteiger partial charge on any atom is 0.265 e. The third-order valence-electron chi connectivity index (χ3n) is 5.19. The fraction of sp³-hybridized carbons (Fsp3) is 0.273. The Balaban J connectivity index is 2.06. The van der Waals surface area contributed by atoms with Gasteiger partial charge in [-0.15, -0.1) is 0 Å².